The number of anilines is 1. The van der Waals surface area contributed by atoms with E-state index >= 15 is 0 Å². The number of aliphatic hydroxyl groups excluding tert-OH is 1. The van der Waals surface area contributed by atoms with Gasteiger partial charge in [0.25, 0.3) is 0 Å². The highest BCUT2D eigenvalue weighted by atomic mass is 16.3. The maximum absolute atomic E-state index is 10.3. The van der Waals surface area contributed by atoms with Crippen molar-refractivity contribution in [2.75, 3.05) is 44.2 Å². The summed E-state index contributed by atoms with van der Waals surface area (Å²) in [4.78, 5) is 4.76. The first-order valence-corrected chi connectivity index (χ1v) is 9.12. The van der Waals surface area contributed by atoms with Gasteiger partial charge in [-0.1, -0.05) is 18.2 Å². The molecule has 2 aromatic rings. The molecular formula is C19H29N5O. The van der Waals surface area contributed by atoms with E-state index in [1.54, 1.807) is 6.20 Å². The van der Waals surface area contributed by atoms with Crippen LogP contribution in [0.15, 0.2) is 48.8 Å². The largest absolute Gasteiger partial charge is 0.390 e. The molecule has 0 bridgehead atoms. The van der Waals surface area contributed by atoms with Crippen LogP contribution in [0, 0.1) is 0 Å². The molecule has 25 heavy (non-hydrogen) atoms. The molecule has 1 aromatic heterocycles. The van der Waals surface area contributed by atoms with E-state index in [4.69, 9.17) is 0 Å². The second-order valence-electron chi connectivity index (χ2n) is 6.81. The first-order chi connectivity index (χ1) is 12.2. The second kappa shape index (κ2) is 8.99. The summed E-state index contributed by atoms with van der Waals surface area (Å²) in [5, 5.41) is 17.9. The van der Waals surface area contributed by atoms with Gasteiger partial charge in [-0.3, -0.25) is 9.58 Å². The zero-order valence-electron chi connectivity index (χ0n) is 15.0. The third-order valence-electron chi connectivity index (χ3n) is 4.68. The standard InChI is InChI=1S/C19H29N5O/c1-17(15-24-9-5-8-21-24)20-14-19(25)16-22-10-12-23(13-11-22)18-6-3-2-4-7-18/h2-9,17,19-20,25H,10-16H2,1H3/t17-,19-/m1/s1. The average molecular weight is 343 g/mol. The lowest BCUT2D eigenvalue weighted by molar-refractivity contribution is 0.105. The molecule has 136 valence electrons. The fraction of sp³-hybridized carbons (Fsp3) is 0.526. The molecule has 0 aliphatic carbocycles. The number of nitrogens with one attached hydrogen (secondary N) is 1. The van der Waals surface area contributed by atoms with E-state index in [1.165, 1.54) is 5.69 Å². The molecule has 0 amide bonds. The predicted molar refractivity (Wildman–Crippen MR) is 101 cm³/mol. The summed E-state index contributed by atoms with van der Waals surface area (Å²) in [7, 11) is 0. The lowest BCUT2D eigenvalue weighted by Gasteiger charge is -2.37. The summed E-state index contributed by atoms with van der Waals surface area (Å²) < 4.78 is 1.91. The molecule has 0 saturated carbocycles. The first kappa shape index (κ1) is 17.9. The zero-order chi connectivity index (χ0) is 17.5. The van der Waals surface area contributed by atoms with Crippen molar-refractivity contribution in [2.24, 2.45) is 0 Å². The minimum atomic E-state index is -0.344. The Hall–Kier alpha value is -1.89. The predicted octanol–water partition coefficient (Wildman–Crippen LogP) is 1.04. The van der Waals surface area contributed by atoms with Crippen molar-refractivity contribution in [3.05, 3.63) is 48.8 Å². The molecule has 2 atom stereocenters. The fourth-order valence-electron chi connectivity index (χ4n) is 3.28. The van der Waals surface area contributed by atoms with Crippen LogP contribution >= 0.6 is 0 Å². The molecule has 3 rings (SSSR count). The molecule has 1 fully saturated rings. The Morgan fingerprint density at radius 3 is 2.52 bits per heavy atom. The van der Waals surface area contributed by atoms with Gasteiger partial charge >= 0.3 is 0 Å². The Bertz CT molecular complexity index is 596. The van der Waals surface area contributed by atoms with Crippen molar-refractivity contribution in [3.8, 4) is 0 Å². The number of benzene rings is 1. The summed E-state index contributed by atoms with van der Waals surface area (Å²) in [6, 6.07) is 12.8. The van der Waals surface area contributed by atoms with Crippen LogP contribution in [0.3, 0.4) is 0 Å². The fourth-order valence-corrected chi connectivity index (χ4v) is 3.28. The summed E-state index contributed by atoms with van der Waals surface area (Å²) in [5.41, 5.74) is 1.29. The SMILES string of the molecule is C[C@H](Cn1cccn1)NC[C@@H](O)CN1CCN(c2ccccc2)CC1. The van der Waals surface area contributed by atoms with Crippen molar-refractivity contribution >= 4 is 5.69 Å². The number of hydrogen-bond acceptors (Lipinski definition) is 5. The van der Waals surface area contributed by atoms with Crippen LogP contribution in [0.1, 0.15) is 6.92 Å². The third kappa shape index (κ3) is 5.56. The Balaban J connectivity index is 1.34. The van der Waals surface area contributed by atoms with Crippen LogP contribution in [0.25, 0.3) is 0 Å². The zero-order valence-corrected chi connectivity index (χ0v) is 15.0. The second-order valence-corrected chi connectivity index (χ2v) is 6.81. The van der Waals surface area contributed by atoms with Crippen LogP contribution in [-0.2, 0) is 6.54 Å². The maximum Gasteiger partial charge on any atom is 0.0791 e. The molecule has 1 aliphatic heterocycles. The van der Waals surface area contributed by atoms with Gasteiger partial charge < -0.3 is 15.3 Å². The Kier molecular flexibility index (Phi) is 6.44. The Morgan fingerprint density at radius 2 is 1.84 bits per heavy atom. The molecule has 1 aromatic carbocycles. The van der Waals surface area contributed by atoms with E-state index in [9.17, 15) is 5.11 Å². The molecule has 0 unspecified atom stereocenters. The number of aromatic nitrogens is 2. The number of para-hydroxylation sites is 1. The summed E-state index contributed by atoms with van der Waals surface area (Å²) in [6.07, 6.45) is 3.40. The molecule has 0 radical (unpaired) electrons. The molecule has 1 saturated heterocycles. The lowest BCUT2D eigenvalue weighted by Crippen LogP contribution is -2.50. The van der Waals surface area contributed by atoms with Crippen LogP contribution < -0.4 is 10.2 Å². The molecule has 2 N–H and O–H groups in total. The van der Waals surface area contributed by atoms with Gasteiger partial charge in [-0.2, -0.15) is 5.10 Å². The minimum Gasteiger partial charge on any atom is -0.390 e. The van der Waals surface area contributed by atoms with Gasteiger partial charge in [-0.05, 0) is 25.1 Å². The quantitative estimate of drug-likeness (QED) is 0.750. The van der Waals surface area contributed by atoms with Gasteiger partial charge in [0.15, 0.2) is 0 Å². The molecule has 6 nitrogen and oxygen atoms in total. The van der Waals surface area contributed by atoms with E-state index in [1.807, 2.05) is 16.9 Å². The number of aliphatic hydroxyl groups is 1. The highest BCUT2D eigenvalue weighted by molar-refractivity contribution is 5.46. The molecular weight excluding hydrogens is 314 g/mol. The molecule has 6 heteroatoms. The number of rotatable bonds is 8. The summed E-state index contributed by atoms with van der Waals surface area (Å²) in [6.45, 7) is 8.29. The van der Waals surface area contributed by atoms with E-state index in [-0.39, 0.29) is 12.1 Å². The normalized spacial score (nSPS) is 18.2. The monoisotopic (exact) mass is 343 g/mol. The smallest absolute Gasteiger partial charge is 0.0791 e. The van der Waals surface area contributed by atoms with Crippen molar-refractivity contribution in [2.45, 2.75) is 25.6 Å². The number of β-amino-alcohol motifs (C(OH)–C–C–N with tert-alkyl or cyclic N) is 1. The van der Waals surface area contributed by atoms with Gasteiger partial charge in [0.2, 0.25) is 0 Å². The average Bonchev–Trinajstić information content (AvgIpc) is 3.14. The van der Waals surface area contributed by atoms with Crippen LogP contribution in [0.5, 0.6) is 0 Å². The van der Waals surface area contributed by atoms with E-state index in [2.05, 4.69) is 57.5 Å². The van der Waals surface area contributed by atoms with E-state index in [0.717, 1.165) is 39.3 Å². The number of piperazine rings is 1. The van der Waals surface area contributed by atoms with E-state index in [0.29, 0.717) is 6.54 Å². The van der Waals surface area contributed by atoms with Crippen LogP contribution in [-0.4, -0.2) is 71.2 Å². The van der Waals surface area contributed by atoms with Crippen LogP contribution in [0.2, 0.25) is 0 Å². The molecule has 2 heterocycles. The number of hydrogen-bond donors (Lipinski definition) is 2. The Morgan fingerprint density at radius 1 is 1.08 bits per heavy atom. The van der Waals surface area contributed by atoms with Crippen molar-refractivity contribution in [1.82, 2.24) is 20.0 Å². The van der Waals surface area contributed by atoms with Crippen molar-refractivity contribution in [1.29, 1.82) is 0 Å². The molecule has 1 aliphatic rings. The van der Waals surface area contributed by atoms with Gasteiger partial charge in [0, 0.05) is 63.4 Å². The molecule has 0 spiro atoms. The lowest BCUT2D eigenvalue weighted by atomic mass is 10.2. The topological polar surface area (TPSA) is 56.6 Å². The van der Waals surface area contributed by atoms with Gasteiger partial charge in [0.05, 0.1) is 12.6 Å². The van der Waals surface area contributed by atoms with Gasteiger partial charge in [-0.15, -0.1) is 0 Å². The minimum absolute atomic E-state index is 0.282. The highest BCUT2D eigenvalue weighted by Gasteiger charge is 2.19. The van der Waals surface area contributed by atoms with Crippen LogP contribution in [0.4, 0.5) is 5.69 Å². The maximum atomic E-state index is 10.3. The Labute approximate surface area is 150 Å². The van der Waals surface area contributed by atoms with Gasteiger partial charge in [0.1, 0.15) is 0 Å². The summed E-state index contributed by atoms with van der Waals surface area (Å²) in [5.74, 6) is 0. The van der Waals surface area contributed by atoms with E-state index < -0.39 is 0 Å². The first-order valence-electron chi connectivity index (χ1n) is 9.12. The van der Waals surface area contributed by atoms with Crippen molar-refractivity contribution < 1.29 is 5.11 Å². The third-order valence-corrected chi connectivity index (χ3v) is 4.68. The number of nitrogens with zero attached hydrogens (tertiary/aromatic N) is 4. The summed E-state index contributed by atoms with van der Waals surface area (Å²) >= 11 is 0. The highest BCUT2D eigenvalue weighted by Crippen LogP contribution is 2.15. The van der Waals surface area contributed by atoms with Gasteiger partial charge in [-0.25, -0.2) is 0 Å². The van der Waals surface area contributed by atoms with Crippen molar-refractivity contribution in [3.63, 3.8) is 0 Å².